The molecule has 4 heteroatoms. The molecule has 19 heavy (non-hydrogen) atoms. The fourth-order valence-corrected chi connectivity index (χ4v) is 3.05. The van der Waals surface area contributed by atoms with Crippen molar-refractivity contribution >= 4 is 17.7 Å². The van der Waals surface area contributed by atoms with E-state index in [0.717, 1.165) is 5.75 Å². The predicted molar refractivity (Wildman–Crippen MR) is 78.3 cm³/mol. The minimum atomic E-state index is -0.695. The summed E-state index contributed by atoms with van der Waals surface area (Å²) in [6, 6.07) is 8.35. The molecule has 1 unspecified atom stereocenters. The number of carbonyl (C=O) groups excluding carboxylic acids is 1. The first-order chi connectivity index (χ1) is 8.96. The number of hydrogen-bond acceptors (Lipinski definition) is 3. The van der Waals surface area contributed by atoms with Gasteiger partial charge in [0, 0.05) is 30.2 Å². The van der Waals surface area contributed by atoms with Crippen molar-refractivity contribution in [2.45, 2.75) is 37.2 Å². The highest BCUT2D eigenvalue weighted by atomic mass is 32.2. The fourth-order valence-electron chi connectivity index (χ4n) is 2.21. The van der Waals surface area contributed by atoms with Crippen LogP contribution in [0.5, 0.6) is 0 Å². The van der Waals surface area contributed by atoms with E-state index in [4.69, 9.17) is 0 Å². The number of carbonyl (C=O) groups is 1. The van der Waals surface area contributed by atoms with Crippen LogP contribution in [-0.4, -0.2) is 40.4 Å². The van der Waals surface area contributed by atoms with Gasteiger partial charge in [-0.3, -0.25) is 4.79 Å². The Labute approximate surface area is 119 Å². The second kappa shape index (κ2) is 5.97. The molecule has 1 aromatic rings. The normalized spacial score (nSPS) is 22.8. The Kier molecular flexibility index (Phi) is 4.53. The first-order valence-corrected chi connectivity index (χ1v) is 7.64. The summed E-state index contributed by atoms with van der Waals surface area (Å²) < 4.78 is 0. The largest absolute Gasteiger partial charge is 0.388 e. The number of thioether (sulfide) groups is 1. The van der Waals surface area contributed by atoms with Gasteiger partial charge in [0.05, 0.1) is 5.60 Å². The van der Waals surface area contributed by atoms with Gasteiger partial charge in [-0.05, 0) is 32.4 Å². The van der Waals surface area contributed by atoms with Gasteiger partial charge in [0.25, 0.3) is 0 Å². The number of rotatable bonds is 4. The molecule has 0 aliphatic carbocycles. The Morgan fingerprint density at radius 2 is 2.11 bits per heavy atom. The summed E-state index contributed by atoms with van der Waals surface area (Å²) in [5, 5.41) is 9.84. The Bertz CT molecular complexity index is 442. The first-order valence-electron chi connectivity index (χ1n) is 6.66. The molecule has 1 aliphatic heterocycles. The standard InChI is InChI=1S/C15H21NO2S/c1-12-3-5-13(6-4-12)19-10-7-14(17)16-9-8-15(2,18)11-16/h3-6,18H,7-11H2,1-2H3. The fraction of sp³-hybridized carbons (Fsp3) is 0.533. The topological polar surface area (TPSA) is 40.5 Å². The van der Waals surface area contributed by atoms with Crippen LogP contribution >= 0.6 is 11.8 Å². The second-order valence-electron chi connectivity index (χ2n) is 5.47. The molecule has 0 aromatic heterocycles. The molecule has 1 heterocycles. The Morgan fingerprint density at radius 1 is 1.42 bits per heavy atom. The summed E-state index contributed by atoms with van der Waals surface area (Å²) in [6.45, 7) is 5.01. The van der Waals surface area contributed by atoms with Gasteiger partial charge in [-0.1, -0.05) is 17.7 Å². The summed E-state index contributed by atoms with van der Waals surface area (Å²) in [6.07, 6.45) is 1.22. The van der Waals surface area contributed by atoms with Crippen LogP contribution in [0.15, 0.2) is 29.2 Å². The first kappa shape index (κ1) is 14.4. The predicted octanol–water partition coefficient (Wildman–Crippen LogP) is 2.46. The van der Waals surface area contributed by atoms with Crippen LogP contribution in [0.4, 0.5) is 0 Å². The third-order valence-electron chi connectivity index (χ3n) is 3.41. The van der Waals surface area contributed by atoms with Crippen molar-refractivity contribution in [3.63, 3.8) is 0 Å². The van der Waals surface area contributed by atoms with Crippen LogP contribution in [-0.2, 0) is 4.79 Å². The Hall–Kier alpha value is -1.00. The molecule has 104 valence electrons. The molecule has 1 aliphatic rings. The Balaban J connectivity index is 1.74. The monoisotopic (exact) mass is 279 g/mol. The average molecular weight is 279 g/mol. The van der Waals surface area contributed by atoms with Crippen molar-refractivity contribution in [2.75, 3.05) is 18.8 Å². The number of benzene rings is 1. The lowest BCUT2D eigenvalue weighted by atomic mass is 10.1. The van der Waals surface area contributed by atoms with Gasteiger partial charge in [0.1, 0.15) is 0 Å². The summed E-state index contributed by atoms with van der Waals surface area (Å²) >= 11 is 1.71. The zero-order valence-electron chi connectivity index (χ0n) is 11.6. The van der Waals surface area contributed by atoms with Gasteiger partial charge < -0.3 is 10.0 Å². The summed E-state index contributed by atoms with van der Waals surface area (Å²) in [5.74, 6) is 0.943. The number of aryl methyl sites for hydroxylation is 1. The SMILES string of the molecule is Cc1ccc(SCCC(=O)N2CCC(C)(O)C2)cc1. The number of aliphatic hydroxyl groups is 1. The number of β-amino-alcohol motifs (C(OH)–C–C–N with tert-alkyl or cyclic N) is 1. The van der Waals surface area contributed by atoms with E-state index >= 15 is 0 Å². The molecule has 0 spiro atoms. The van der Waals surface area contributed by atoms with E-state index in [0.29, 0.717) is 25.9 Å². The molecular formula is C15H21NO2S. The third-order valence-corrected chi connectivity index (χ3v) is 4.42. The van der Waals surface area contributed by atoms with Crippen molar-refractivity contribution in [1.82, 2.24) is 4.90 Å². The van der Waals surface area contributed by atoms with Crippen LogP contribution in [0.1, 0.15) is 25.3 Å². The second-order valence-corrected chi connectivity index (χ2v) is 6.64. The van der Waals surface area contributed by atoms with Crippen LogP contribution < -0.4 is 0 Å². The van der Waals surface area contributed by atoms with Gasteiger partial charge in [0.15, 0.2) is 0 Å². The quantitative estimate of drug-likeness (QED) is 0.861. The Morgan fingerprint density at radius 3 is 2.68 bits per heavy atom. The van der Waals surface area contributed by atoms with E-state index in [1.165, 1.54) is 10.5 Å². The molecule has 2 rings (SSSR count). The highest BCUT2D eigenvalue weighted by Crippen LogP contribution is 2.23. The molecule has 1 aromatic carbocycles. The molecular weight excluding hydrogens is 258 g/mol. The molecule has 0 bridgehead atoms. The number of hydrogen-bond donors (Lipinski definition) is 1. The highest BCUT2D eigenvalue weighted by Gasteiger charge is 2.33. The lowest BCUT2D eigenvalue weighted by Crippen LogP contribution is -2.34. The van der Waals surface area contributed by atoms with Crippen LogP contribution in [0.3, 0.4) is 0 Å². The molecule has 1 saturated heterocycles. The van der Waals surface area contributed by atoms with E-state index in [1.54, 1.807) is 23.6 Å². The van der Waals surface area contributed by atoms with E-state index < -0.39 is 5.60 Å². The average Bonchev–Trinajstić information content (AvgIpc) is 2.72. The lowest BCUT2D eigenvalue weighted by molar-refractivity contribution is -0.130. The van der Waals surface area contributed by atoms with E-state index in [2.05, 4.69) is 31.2 Å². The molecule has 3 nitrogen and oxygen atoms in total. The van der Waals surface area contributed by atoms with Gasteiger partial charge in [0.2, 0.25) is 5.91 Å². The smallest absolute Gasteiger partial charge is 0.223 e. The van der Waals surface area contributed by atoms with E-state index in [9.17, 15) is 9.90 Å². The van der Waals surface area contributed by atoms with Gasteiger partial charge >= 0.3 is 0 Å². The molecule has 1 N–H and O–H groups in total. The van der Waals surface area contributed by atoms with Crippen molar-refractivity contribution in [3.8, 4) is 0 Å². The summed E-state index contributed by atoms with van der Waals surface area (Å²) in [7, 11) is 0. The minimum absolute atomic E-state index is 0.150. The number of amides is 1. The number of likely N-dealkylation sites (tertiary alicyclic amines) is 1. The van der Waals surface area contributed by atoms with Crippen LogP contribution in [0, 0.1) is 6.92 Å². The van der Waals surface area contributed by atoms with Gasteiger partial charge in [-0.15, -0.1) is 11.8 Å². The van der Waals surface area contributed by atoms with E-state index in [-0.39, 0.29) is 5.91 Å². The molecule has 1 amide bonds. The van der Waals surface area contributed by atoms with Crippen molar-refractivity contribution in [1.29, 1.82) is 0 Å². The minimum Gasteiger partial charge on any atom is -0.388 e. The van der Waals surface area contributed by atoms with Crippen LogP contribution in [0.2, 0.25) is 0 Å². The van der Waals surface area contributed by atoms with Crippen molar-refractivity contribution in [2.24, 2.45) is 0 Å². The third kappa shape index (κ3) is 4.25. The summed E-state index contributed by atoms with van der Waals surface area (Å²) in [4.78, 5) is 15.0. The molecule has 1 atom stereocenters. The maximum Gasteiger partial charge on any atom is 0.223 e. The van der Waals surface area contributed by atoms with Crippen LogP contribution in [0.25, 0.3) is 0 Å². The van der Waals surface area contributed by atoms with Crippen molar-refractivity contribution < 1.29 is 9.90 Å². The molecule has 1 fully saturated rings. The highest BCUT2D eigenvalue weighted by molar-refractivity contribution is 7.99. The van der Waals surface area contributed by atoms with Crippen molar-refractivity contribution in [3.05, 3.63) is 29.8 Å². The maximum atomic E-state index is 12.0. The van der Waals surface area contributed by atoms with E-state index in [1.807, 2.05) is 0 Å². The van der Waals surface area contributed by atoms with Gasteiger partial charge in [-0.2, -0.15) is 0 Å². The summed E-state index contributed by atoms with van der Waals surface area (Å²) in [5.41, 5.74) is 0.555. The lowest BCUT2D eigenvalue weighted by Gasteiger charge is -2.18. The molecule has 0 saturated carbocycles. The zero-order chi connectivity index (χ0) is 13.9. The zero-order valence-corrected chi connectivity index (χ0v) is 12.4. The number of nitrogens with zero attached hydrogens (tertiary/aromatic N) is 1. The van der Waals surface area contributed by atoms with Gasteiger partial charge in [-0.25, -0.2) is 0 Å². The maximum absolute atomic E-state index is 12.0. The molecule has 0 radical (unpaired) electrons.